The zero-order chi connectivity index (χ0) is 13.1. The molecule has 1 aliphatic heterocycles. The van der Waals surface area contributed by atoms with Crippen molar-refractivity contribution in [3.05, 3.63) is 33.8 Å². The number of carbonyl (C=O) groups is 1. The first-order valence-electron chi connectivity index (χ1n) is 6.68. The minimum absolute atomic E-state index is 0.171. The highest BCUT2D eigenvalue weighted by atomic mass is 79.9. The van der Waals surface area contributed by atoms with Crippen LogP contribution in [0.25, 0.3) is 0 Å². The predicted octanol–water partition coefficient (Wildman–Crippen LogP) is 4.02. The van der Waals surface area contributed by atoms with Gasteiger partial charge in [-0.25, -0.2) is 0 Å². The molecule has 2 rings (SSSR count). The molecule has 98 valence electrons. The molecule has 1 fully saturated rings. The highest BCUT2D eigenvalue weighted by molar-refractivity contribution is 9.10. The monoisotopic (exact) mass is 309 g/mol. The topological polar surface area (TPSA) is 20.3 Å². The molecule has 0 bridgehead atoms. The van der Waals surface area contributed by atoms with Crippen molar-refractivity contribution in [2.75, 3.05) is 13.1 Å². The average Bonchev–Trinajstić information content (AvgIpc) is 2.81. The molecule has 1 unspecified atom stereocenters. The summed E-state index contributed by atoms with van der Waals surface area (Å²) in [6.45, 7) is 6.06. The van der Waals surface area contributed by atoms with E-state index in [1.54, 1.807) is 0 Å². The van der Waals surface area contributed by atoms with Crippen LogP contribution >= 0.6 is 15.9 Å². The predicted molar refractivity (Wildman–Crippen MR) is 77.8 cm³/mol. The van der Waals surface area contributed by atoms with Crippen LogP contribution in [0.4, 0.5) is 0 Å². The molecule has 0 spiro atoms. The molecule has 18 heavy (non-hydrogen) atoms. The van der Waals surface area contributed by atoms with Gasteiger partial charge in [-0.05, 0) is 53.2 Å². The Bertz CT molecular complexity index is 444. The Morgan fingerprint density at radius 3 is 3.00 bits per heavy atom. The van der Waals surface area contributed by atoms with Crippen LogP contribution in [0.3, 0.4) is 0 Å². The largest absolute Gasteiger partial charge is 0.338 e. The lowest BCUT2D eigenvalue weighted by molar-refractivity contribution is 0.0785. The summed E-state index contributed by atoms with van der Waals surface area (Å²) < 4.78 is 0.939. The molecule has 1 aliphatic rings. The molecule has 1 amide bonds. The third kappa shape index (κ3) is 2.77. The lowest BCUT2D eigenvalue weighted by atomic mass is 10.0. The Labute approximate surface area is 117 Å². The fourth-order valence-electron chi connectivity index (χ4n) is 2.64. The second-order valence-electron chi connectivity index (χ2n) is 5.13. The van der Waals surface area contributed by atoms with Gasteiger partial charge in [-0.1, -0.05) is 25.5 Å². The molecule has 1 heterocycles. The van der Waals surface area contributed by atoms with Gasteiger partial charge < -0.3 is 4.90 Å². The molecule has 0 radical (unpaired) electrons. The highest BCUT2D eigenvalue weighted by Gasteiger charge is 2.27. The normalized spacial score (nSPS) is 19.3. The van der Waals surface area contributed by atoms with Crippen LogP contribution in [-0.4, -0.2) is 23.9 Å². The summed E-state index contributed by atoms with van der Waals surface area (Å²) in [6, 6.07) is 5.88. The molecular formula is C15H20BrNO. The summed E-state index contributed by atoms with van der Waals surface area (Å²) in [7, 11) is 0. The number of hydrogen-bond acceptors (Lipinski definition) is 1. The van der Waals surface area contributed by atoms with Gasteiger partial charge in [-0.3, -0.25) is 4.79 Å². The van der Waals surface area contributed by atoms with E-state index in [-0.39, 0.29) is 5.91 Å². The summed E-state index contributed by atoms with van der Waals surface area (Å²) in [4.78, 5) is 14.5. The quantitative estimate of drug-likeness (QED) is 0.826. The third-order valence-corrected chi connectivity index (χ3v) is 4.74. The van der Waals surface area contributed by atoms with Gasteiger partial charge in [0.25, 0.3) is 5.91 Å². The summed E-state index contributed by atoms with van der Waals surface area (Å²) in [5.74, 6) is 0.867. The van der Waals surface area contributed by atoms with Gasteiger partial charge in [0.1, 0.15) is 0 Å². The number of likely N-dealkylation sites (tertiary alicyclic amines) is 1. The lowest BCUT2D eigenvalue weighted by Crippen LogP contribution is -2.29. The zero-order valence-electron chi connectivity index (χ0n) is 11.1. The molecule has 3 heteroatoms. The Hall–Kier alpha value is -0.830. The zero-order valence-corrected chi connectivity index (χ0v) is 12.7. The molecule has 1 atom stereocenters. The number of halogens is 1. The molecule has 0 aliphatic carbocycles. The van der Waals surface area contributed by atoms with Crippen molar-refractivity contribution in [2.24, 2.45) is 5.92 Å². The van der Waals surface area contributed by atoms with Crippen molar-refractivity contribution in [3.8, 4) is 0 Å². The first-order valence-corrected chi connectivity index (χ1v) is 7.47. The van der Waals surface area contributed by atoms with Crippen molar-refractivity contribution in [1.29, 1.82) is 0 Å². The highest BCUT2D eigenvalue weighted by Crippen LogP contribution is 2.26. The van der Waals surface area contributed by atoms with Crippen molar-refractivity contribution < 1.29 is 4.79 Å². The molecule has 0 saturated carbocycles. The van der Waals surface area contributed by atoms with E-state index in [1.807, 2.05) is 30.0 Å². The smallest absolute Gasteiger partial charge is 0.255 e. The van der Waals surface area contributed by atoms with Gasteiger partial charge in [0, 0.05) is 17.6 Å². The summed E-state index contributed by atoms with van der Waals surface area (Å²) in [5, 5.41) is 0. The molecule has 1 aromatic carbocycles. The lowest BCUT2D eigenvalue weighted by Gasteiger charge is -2.18. The first kappa shape index (κ1) is 13.6. The van der Waals surface area contributed by atoms with Crippen LogP contribution in [0.1, 0.15) is 42.1 Å². The number of hydrogen-bond donors (Lipinski definition) is 0. The molecule has 0 N–H and O–H groups in total. The number of nitrogens with zero attached hydrogens (tertiary/aromatic N) is 1. The minimum Gasteiger partial charge on any atom is -0.338 e. The fourth-order valence-corrected chi connectivity index (χ4v) is 3.08. The summed E-state index contributed by atoms with van der Waals surface area (Å²) in [6.07, 6.45) is 3.60. The van der Waals surface area contributed by atoms with Crippen LogP contribution in [0, 0.1) is 12.8 Å². The van der Waals surface area contributed by atoms with E-state index < -0.39 is 0 Å². The maximum Gasteiger partial charge on any atom is 0.255 e. The van der Waals surface area contributed by atoms with Crippen molar-refractivity contribution in [2.45, 2.75) is 33.1 Å². The van der Waals surface area contributed by atoms with Crippen molar-refractivity contribution in [1.82, 2.24) is 4.90 Å². The van der Waals surface area contributed by atoms with Crippen molar-refractivity contribution >= 4 is 21.8 Å². The van der Waals surface area contributed by atoms with Crippen molar-refractivity contribution in [3.63, 3.8) is 0 Å². The van der Waals surface area contributed by atoms with Crippen LogP contribution in [0.15, 0.2) is 22.7 Å². The van der Waals surface area contributed by atoms with E-state index in [1.165, 1.54) is 12.8 Å². The minimum atomic E-state index is 0.171. The standard InChI is InChI=1S/C15H20BrNO/c1-3-5-12-8-9-17(10-12)15(18)13-7-4-6-11(2)14(13)16/h4,6-7,12H,3,5,8-10H2,1-2H3. The number of aryl methyl sites for hydroxylation is 1. The molecule has 0 aromatic heterocycles. The van der Waals surface area contributed by atoms with E-state index >= 15 is 0 Å². The van der Waals surface area contributed by atoms with E-state index in [9.17, 15) is 4.79 Å². The third-order valence-electron chi connectivity index (χ3n) is 3.69. The Morgan fingerprint density at radius 1 is 1.50 bits per heavy atom. The average molecular weight is 310 g/mol. The first-order chi connectivity index (χ1) is 8.63. The second-order valence-corrected chi connectivity index (χ2v) is 5.92. The Morgan fingerprint density at radius 2 is 2.28 bits per heavy atom. The van der Waals surface area contributed by atoms with Gasteiger partial charge in [0.2, 0.25) is 0 Å². The van der Waals surface area contributed by atoms with E-state index in [2.05, 4.69) is 22.9 Å². The number of carbonyl (C=O) groups excluding carboxylic acids is 1. The molecule has 1 aromatic rings. The van der Waals surface area contributed by atoms with Gasteiger partial charge in [0.05, 0.1) is 5.56 Å². The van der Waals surface area contributed by atoms with E-state index in [0.717, 1.165) is 35.1 Å². The number of benzene rings is 1. The fraction of sp³-hybridized carbons (Fsp3) is 0.533. The van der Waals surface area contributed by atoms with Crippen LogP contribution < -0.4 is 0 Å². The Balaban J connectivity index is 2.11. The Kier molecular flexibility index (Phi) is 4.44. The van der Waals surface area contributed by atoms with Crippen LogP contribution in [0.2, 0.25) is 0 Å². The van der Waals surface area contributed by atoms with Gasteiger partial charge >= 0.3 is 0 Å². The summed E-state index contributed by atoms with van der Waals surface area (Å²) >= 11 is 3.53. The second kappa shape index (κ2) is 5.87. The van der Waals surface area contributed by atoms with Crippen LogP contribution in [-0.2, 0) is 0 Å². The molecule has 2 nitrogen and oxygen atoms in total. The van der Waals surface area contributed by atoms with Gasteiger partial charge in [0.15, 0.2) is 0 Å². The SMILES string of the molecule is CCCC1CCN(C(=O)c2cccc(C)c2Br)C1. The number of rotatable bonds is 3. The molecule has 1 saturated heterocycles. The van der Waals surface area contributed by atoms with Gasteiger partial charge in [-0.15, -0.1) is 0 Å². The maximum atomic E-state index is 12.5. The van der Waals surface area contributed by atoms with E-state index in [0.29, 0.717) is 5.92 Å². The van der Waals surface area contributed by atoms with Gasteiger partial charge in [-0.2, -0.15) is 0 Å². The van der Waals surface area contributed by atoms with E-state index in [4.69, 9.17) is 0 Å². The summed E-state index contributed by atoms with van der Waals surface area (Å²) in [5.41, 5.74) is 1.91. The number of amides is 1. The maximum absolute atomic E-state index is 12.5. The molecular weight excluding hydrogens is 290 g/mol. The van der Waals surface area contributed by atoms with Crippen LogP contribution in [0.5, 0.6) is 0 Å².